The first-order valence-electron chi connectivity index (χ1n) is 7.94. The van der Waals surface area contributed by atoms with Gasteiger partial charge in [0.2, 0.25) is 5.91 Å². The average Bonchev–Trinajstić information content (AvgIpc) is 2.98. The predicted molar refractivity (Wildman–Crippen MR) is 90.7 cm³/mol. The minimum absolute atomic E-state index is 0.0194. The van der Waals surface area contributed by atoms with E-state index in [1.165, 1.54) is 42.5 Å². The summed E-state index contributed by atoms with van der Waals surface area (Å²) in [7, 11) is 3.02. The molecule has 0 aliphatic rings. The first kappa shape index (κ1) is 18.6. The van der Waals surface area contributed by atoms with Gasteiger partial charge in [-0.1, -0.05) is 18.2 Å². The summed E-state index contributed by atoms with van der Waals surface area (Å²) < 4.78 is 41.8. The van der Waals surface area contributed by atoms with Crippen LogP contribution in [0, 0.1) is 0 Å². The zero-order valence-corrected chi connectivity index (χ0v) is 14.6. The van der Waals surface area contributed by atoms with Crippen molar-refractivity contribution in [2.45, 2.75) is 19.3 Å². The zero-order valence-electron chi connectivity index (χ0n) is 14.6. The van der Waals surface area contributed by atoms with Gasteiger partial charge in [-0.15, -0.1) is 0 Å². The standard InChI is InChI=1S/C17H16F3N5O2/c1-23(8-11-5-3-4-6-13(11)17(18,19)20)14(26)9-25-10-21-15-12(16(25)27)7-22-24(15)2/h3-7,10H,8-9H2,1-2H3. The molecule has 2 heterocycles. The number of aromatic nitrogens is 4. The number of halogens is 3. The molecular formula is C17H16F3N5O2. The second-order valence-electron chi connectivity index (χ2n) is 6.09. The Morgan fingerprint density at radius 3 is 2.67 bits per heavy atom. The molecule has 0 radical (unpaired) electrons. The van der Waals surface area contributed by atoms with E-state index in [2.05, 4.69) is 10.1 Å². The Morgan fingerprint density at radius 2 is 1.96 bits per heavy atom. The molecule has 1 aromatic carbocycles. The lowest BCUT2D eigenvalue weighted by Gasteiger charge is -2.20. The van der Waals surface area contributed by atoms with Crippen LogP contribution in [0.3, 0.4) is 0 Å². The van der Waals surface area contributed by atoms with Crippen molar-refractivity contribution < 1.29 is 18.0 Å². The van der Waals surface area contributed by atoms with E-state index in [0.29, 0.717) is 5.65 Å². The van der Waals surface area contributed by atoms with Crippen molar-refractivity contribution in [3.05, 3.63) is 58.3 Å². The van der Waals surface area contributed by atoms with Gasteiger partial charge in [-0.05, 0) is 11.6 Å². The fourth-order valence-corrected chi connectivity index (χ4v) is 2.72. The first-order valence-corrected chi connectivity index (χ1v) is 7.94. The average molecular weight is 379 g/mol. The molecule has 2 aromatic heterocycles. The molecule has 0 saturated carbocycles. The van der Waals surface area contributed by atoms with Crippen LogP contribution in [0.1, 0.15) is 11.1 Å². The van der Waals surface area contributed by atoms with E-state index in [4.69, 9.17) is 0 Å². The molecule has 0 bridgehead atoms. The lowest BCUT2D eigenvalue weighted by Crippen LogP contribution is -2.34. The van der Waals surface area contributed by atoms with Crippen LogP contribution in [0.15, 0.2) is 41.6 Å². The Labute approximate surface area is 151 Å². The molecule has 1 amide bonds. The van der Waals surface area contributed by atoms with Crippen LogP contribution >= 0.6 is 0 Å². The molecule has 0 saturated heterocycles. The van der Waals surface area contributed by atoms with Crippen molar-refractivity contribution in [3.8, 4) is 0 Å². The molecule has 0 fully saturated rings. The van der Waals surface area contributed by atoms with Crippen molar-refractivity contribution >= 4 is 16.9 Å². The minimum atomic E-state index is -4.51. The van der Waals surface area contributed by atoms with E-state index in [-0.39, 0.29) is 24.0 Å². The highest BCUT2D eigenvalue weighted by atomic mass is 19.4. The second kappa shape index (κ2) is 6.86. The zero-order chi connectivity index (χ0) is 19.8. The van der Waals surface area contributed by atoms with Gasteiger partial charge in [0, 0.05) is 20.6 Å². The highest BCUT2D eigenvalue weighted by Crippen LogP contribution is 2.32. The maximum atomic E-state index is 13.1. The van der Waals surface area contributed by atoms with Crippen molar-refractivity contribution in [1.82, 2.24) is 24.2 Å². The molecule has 7 nitrogen and oxygen atoms in total. The van der Waals surface area contributed by atoms with E-state index in [1.54, 1.807) is 7.05 Å². The summed E-state index contributed by atoms with van der Waals surface area (Å²) >= 11 is 0. The van der Waals surface area contributed by atoms with Crippen LogP contribution in [-0.4, -0.2) is 37.2 Å². The van der Waals surface area contributed by atoms with Crippen molar-refractivity contribution in [3.63, 3.8) is 0 Å². The maximum Gasteiger partial charge on any atom is 0.416 e. The highest BCUT2D eigenvalue weighted by Gasteiger charge is 2.33. The van der Waals surface area contributed by atoms with Crippen LogP contribution in [0.2, 0.25) is 0 Å². The first-order chi connectivity index (χ1) is 12.7. The Morgan fingerprint density at radius 1 is 1.26 bits per heavy atom. The molecule has 3 aromatic rings. The molecule has 0 aliphatic carbocycles. The van der Waals surface area contributed by atoms with Gasteiger partial charge >= 0.3 is 6.18 Å². The van der Waals surface area contributed by atoms with Gasteiger partial charge in [0.1, 0.15) is 18.3 Å². The van der Waals surface area contributed by atoms with Crippen LogP contribution in [0.25, 0.3) is 11.0 Å². The summed E-state index contributed by atoms with van der Waals surface area (Å²) in [4.78, 5) is 30.0. The minimum Gasteiger partial charge on any atom is -0.340 e. The number of nitrogens with zero attached hydrogens (tertiary/aromatic N) is 5. The normalized spacial score (nSPS) is 11.7. The highest BCUT2D eigenvalue weighted by molar-refractivity contribution is 5.77. The molecular weight excluding hydrogens is 363 g/mol. The summed E-state index contributed by atoms with van der Waals surface area (Å²) in [5.41, 5.74) is -0.865. The molecule has 0 spiro atoms. The van der Waals surface area contributed by atoms with Crippen LogP contribution in [0.5, 0.6) is 0 Å². The third kappa shape index (κ3) is 3.69. The van der Waals surface area contributed by atoms with Crippen LogP contribution < -0.4 is 5.56 Å². The third-order valence-corrected chi connectivity index (χ3v) is 4.18. The van der Waals surface area contributed by atoms with Gasteiger partial charge in [0.25, 0.3) is 5.56 Å². The van der Waals surface area contributed by atoms with E-state index < -0.39 is 23.2 Å². The predicted octanol–water partition coefficient (Wildman–Crippen LogP) is 1.81. The molecule has 0 aliphatic heterocycles. The number of hydrogen-bond acceptors (Lipinski definition) is 4. The summed E-state index contributed by atoms with van der Waals surface area (Å²) in [6, 6.07) is 5.07. The Balaban J connectivity index is 1.80. The number of aryl methyl sites for hydroxylation is 1. The van der Waals surface area contributed by atoms with E-state index in [0.717, 1.165) is 15.5 Å². The topological polar surface area (TPSA) is 73.0 Å². The number of rotatable bonds is 4. The number of amides is 1. The number of hydrogen-bond donors (Lipinski definition) is 0. The summed E-state index contributed by atoms with van der Waals surface area (Å²) in [6.45, 7) is -0.562. The lowest BCUT2D eigenvalue weighted by atomic mass is 10.1. The van der Waals surface area contributed by atoms with Gasteiger partial charge in [-0.2, -0.15) is 18.3 Å². The number of carbonyl (C=O) groups excluding carboxylic acids is 1. The molecule has 0 atom stereocenters. The molecule has 0 unspecified atom stereocenters. The van der Waals surface area contributed by atoms with Crippen molar-refractivity contribution in [1.29, 1.82) is 0 Å². The van der Waals surface area contributed by atoms with Gasteiger partial charge in [0.05, 0.1) is 11.8 Å². The number of alkyl halides is 3. The maximum absolute atomic E-state index is 13.1. The monoisotopic (exact) mass is 379 g/mol. The molecule has 142 valence electrons. The molecule has 10 heteroatoms. The molecule has 0 N–H and O–H groups in total. The van der Waals surface area contributed by atoms with Crippen LogP contribution in [-0.2, 0) is 31.1 Å². The van der Waals surface area contributed by atoms with Gasteiger partial charge in [-0.25, -0.2) is 4.98 Å². The van der Waals surface area contributed by atoms with Crippen molar-refractivity contribution in [2.75, 3.05) is 7.05 Å². The Kier molecular flexibility index (Phi) is 4.73. The fourth-order valence-electron chi connectivity index (χ4n) is 2.72. The Bertz CT molecular complexity index is 1050. The molecule has 3 rings (SSSR count). The number of likely N-dealkylation sites (N-methyl/N-ethyl adjacent to an activating group) is 1. The van der Waals surface area contributed by atoms with Crippen molar-refractivity contribution in [2.24, 2.45) is 7.05 Å². The summed E-state index contributed by atoms with van der Waals surface area (Å²) in [5.74, 6) is -0.515. The van der Waals surface area contributed by atoms with E-state index >= 15 is 0 Å². The smallest absolute Gasteiger partial charge is 0.340 e. The molecule has 27 heavy (non-hydrogen) atoms. The number of benzene rings is 1. The second-order valence-corrected chi connectivity index (χ2v) is 6.09. The quantitative estimate of drug-likeness (QED) is 0.693. The fraction of sp³-hybridized carbons (Fsp3) is 0.294. The van der Waals surface area contributed by atoms with Gasteiger partial charge in [0.15, 0.2) is 5.65 Å². The van der Waals surface area contributed by atoms with E-state index in [9.17, 15) is 22.8 Å². The third-order valence-electron chi connectivity index (χ3n) is 4.18. The van der Waals surface area contributed by atoms with Gasteiger partial charge in [-0.3, -0.25) is 18.8 Å². The lowest BCUT2D eigenvalue weighted by molar-refractivity contribution is -0.139. The van der Waals surface area contributed by atoms with Crippen LogP contribution in [0.4, 0.5) is 13.2 Å². The number of fused-ring (bicyclic) bond motifs is 1. The Hall–Kier alpha value is -3.17. The van der Waals surface area contributed by atoms with E-state index in [1.807, 2.05) is 0 Å². The SMILES string of the molecule is CN(Cc1ccccc1C(F)(F)F)C(=O)Cn1cnc2c(cnn2C)c1=O. The number of carbonyl (C=O) groups is 1. The summed E-state index contributed by atoms with van der Waals surface area (Å²) in [6.07, 6.45) is -1.93. The summed E-state index contributed by atoms with van der Waals surface area (Å²) in [5, 5.41) is 4.20. The largest absolute Gasteiger partial charge is 0.416 e. The van der Waals surface area contributed by atoms with Gasteiger partial charge < -0.3 is 4.90 Å².